The van der Waals surface area contributed by atoms with Crippen LogP contribution in [0.1, 0.15) is 36.8 Å². The van der Waals surface area contributed by atoms with Crippen LogP contribution < -0.4 is 5.32 Å². The van der Waals surface area contributed by atoms with Gasteiger partial charge in [0.2, 0.25) is 0 Å². The van der Waals surface area contributed by atoms with Crippen molar-refractivity contribution in [2.45, 2.75) is 37.6 Å². The van der Waals surface area contributed by atoms with Gasteiger partial charge in [-0.2, -0.15) is 10.5 Å². The van der Waals surface area contributed by atoms with Gasteiger partial charge in [0.05, 0.1) is 5.70 Å². The van der Waals surface area contributed by atoms with Crippen molar-refractivity contribution in [2.24, 2.45) is 0 Å². The van der Waals surface area contributed by atoms with Gasteiger partial charge in [-0.15, -0.1) is 0 Å². The summed E-state index contributed by atoms with van der Waals surface area (Å²) in [5.74, 6) is 0. The van der Waals surface area contributed by atoms with Gasteiger partial charge in [0.1, 0.15) is 12.1 Å². The van der Waals surface area contributed by atoms with E-state index in [1.807, 2.05) is 30.3 Å². The van der Waals surface area contributed by atoms with Gasteiger partial charge in [-0.1, -0.05) is 37.1 Å². The Kier molecular flexibility index (Phi) is 2.76. The van der Waals surface area contributed by atoms with Crippen LogP contribution >= 0.6 is 0 Å². The molecule has 1 aromatic carbocycles. The molecule has 0 saturated heterocycles. The standard InChI is InChI=1S/C16H15N3/c17-10-13(11-18)15-14-6-2-1-5-12(14)9-16(19-15)7-3-4-8-16/h1-2,5-6,19H,3-4,7-9H2. The molecule has 1 fully saturated rings. The van der Waals surface area contributed by atoms with Crippen molar-refractivity contribution in [1.82, 2.24) is 5.32 Å². The fourth-order valence-corrected chi connectivity index (χ4v) is 3.35. The Morgan fingerprint density at radius 2 is 1.79 bits per heavy atom. The number of nitriles is 2. The first-order valence-corrected chi connectivity index (χ1v) is 6.69. The number of fused-ring (bicyclic) bond motifs is 1. The molecule has 1 aliphatic carbocycles. The number of benzene rings is 1. The Morgan fingerprint density at radius 1 is 1.11 bits per heavy atom. The molecule has 94 valence electrons. The molecule has 0 bridgehead atoms. The van der Waals surface area contributed by atoms with Gasteiger partial charge in [0.15, 0.2) is 5.57 Å². The van der Waals surface area contributed by atoms with Crippen LogP contribution in [0.4, 0.5) is 0 Å². The van der Waals surface area contributed by atoms with E-state index in [2.05, 4.69) is 11.4 Å². The van der Waals surface area contributed by atoms with E-state index in [4.69, 9.17) is 10.5 Å². The molecule has 1 aliphatic heterocycles. The normalized spacial score (nSPS) is 19.2. The third kappa shape index (κ3) is 1.88. The third-order valence-electron chi connectivity index (χ3n) is 4.24. The molecule has 0 unspecified atom stereocenters. The van der Waals surface area contributed by atoms with Crippen LogP contribution in [-0.4, -0.2) is 5.54 Å². The number of nitrogens with zero attached hydrogens (tertiary/aromatic N) is 2. The van der Waals surface area contributed by atoms with E-state index in [9.17, 15) is 0 Å². The average molecular weight is 249 g/mol. The molecule has 0 atom stereocenters. The van der Waals surface area contributed by atoms with E-state index in [1.165, 1.54) is 18.4 Å². The SMILES string of the molecule is N#CC(C#N)=C1NC2(CCCC2)Cc2ccccc21. The van der Waals surface area contributed by atoms with E-state index in [-0.39, 0.29) is 11.1 Å². The van der Waals surface area contributed by atoms with Crippen molar-refractivity contribution < 1.29 is 0 Å². The number of hydrogen-bond donors (Lipinski definition) is 1. The molecule has 0 radical (unpaired) electrons. The maximum atomic E-state index is 9.16. The summed E-state index contributed by atoms with van der Waals surface area (Å²) in [6.07, 6.45) is 5.68. The molecule has 0 amide bonds. The number of allylic oxidation sites excluding steroid dienone is 1. The minimum atomic E-state index is 0.0582. The van der Waals surface area contributed by atoms with Crippen LogP contribution in [0.5, 0.6) is 0 Å². The van der Waals surface area contributed by atoms with Crippen molar-refractivity contribution in [2.75, 3.05) is 0 Å². The molecule has 2 aliphatic rings. The highest BCUT2D eigenvalue weighted by molar-refractivity contribution is 5.77. The Balaban J connectivity index is 2.17. The van der Waals surface area contributed by atoms with Gasteiger partial charge < -0.3 is 5.32 Å². The smallest absolute Gasteiger partial charge is 0.153 e. The molecule has 19 heavy (non-hydrogen) atoms. The maximum Gasteiger partial charge on any atom is 0.153 e. The lowest BCUT2D eigenvalue weighted by Crippen LogP contribution is -2.47. The second-order valence-electron chi connectivity index (χ2n) is 5.42. The molecule has 1 saturated carbocycles. The van der Waals surface area contributed by atoms with E-state index in [0.29, 0.717) is 0 Å². The Bertz CT molecular complexity index is 606. The van der Waals surface area contributed by atoms with Gasteiger partial charge in [-0.3, -0.25) is 0 Å². The zero-order chi connectivity index (χ0) is 13.3. The minimum absolute atomic E-state index is 0.0582. The second-order valence-corrected chi connectivity index (χ2v) is 5.42. The Morgan fingerprint density at radius 3 is 2.47 bits per heavy atom. The van der Waals surface area contributed by atoms with Crippen LogP contribution in [0, 0.1) is 22.7 Å². The maximum absolute atomic E-state index is 9.16. The first-order chi connectivity index (χ1) is 9.28. The molecule has 1 spiro atoms. The molecule has 3 heteroatoms. The van der Waals surface area contributed by atoms with Crippen LogP contribution in [0.15, 0.2) is 29.8 Å². The molecule has 1 N–H and O–H groups in total. The molecule has 0 aromatic heterocycles. The molecule has 3 rings (SSSR count). The summed E-state index contributed by atoms with van der Waals surface area (Å²) in [5.41, 5.74) is 3.24. The topological polar surface area (TPSA) is 59.6 Å². The first kappa shape index (κ1) is 11.8. The van der Waals surface area contributed by atoms with Crippen molar-refractivity contribution in [3.63, 3.8) is 0 Å². The summed E-state index contributed by atoms with van der Waals surface area (Å²) in [5, 5.41) is 21.9. The fraction of sp³-hybridized carbons (Fsp3) is 0.375. The molecule has 1 aromatic rings. The van der Waals surface area contributed by atoms with Crippen molar-refractivity contribution in [3.8, 4) is 12.1 Å². The summed E-state index contributed by atoms with van der Waals surface area (Å²) in [7, 11) is 0. The fourth-order valence-electron chi connectivity index (χ4n) is 3.35. The van der Waals surface area contributed by atoms with Gasteiger partial charge >= 0.3 is 0 Å². The summed E-state index contributed by atoms with van der Waals surface area (Å²) in [6.45, 7) is 0. The largest absolute Gasteiger partial charge is 0.377 e. The van der Waals surface area contributed by atoms with Crippen LogP contribution in [0.2, 0.25) is 0 Å². The van der Waals surface area contributed by atoms with Crippen LogP contribution in [0.3, 0.4) is 0 Å². The lowest BCUT2D eigenvalue weighted by atomic mass is 9.81. The van der Waals surface area contributed by atoms with Gasteiger partial charge in [0.25, 0.3) is 0 Å². The molecular formula is C16H15N3. The van der Waals surface area contributed by atoms with Gasteiger partial charge in [0, 0.05) is 11.1 Å². The molecule has 1 heterocycles. The van der Waals surface area contributed by atoms with Gasteiger partial charge in [-0.05, 0) is 24.8 Å². The number of hydrogen-bond acceptors (Lipinski definition) is 3. The summed E-state index contributed by atoms with van der Waals surface area (Å²) >= 11 is 0. The summed E-state index contributed by atoms with van der Waals surface area (Å²) in [4.78, 5) is 0. The minimum Gasteiger partial charge on any atom is -0.377 e. The highest BCUT2D eigenvalue weighted by Crippen LogP contribution is 2.40. The zero-order valence-corrected chi connectivity index (χ0v) is 10.7. The van der Waals surface area contributed by atoms with E-state index in [1.54, 1.807) is 0 Å². The van der Waals surface area contributed by atoms with Crippen LogP contribution in [-0.2, 0) is 6.42 Å². The van der Waals surface area contributed by atoms with Gasteiger partial charge in [-0.25, -0.2) is 0 Å². The van der Waals surface area contributed by atoms with E-state index < -0.39 is 0 Å². The third-order valence-corrected chi connectivity index (χ3v) is 4.24. The average Bonchev–Trinajstić information content (AvgIpc) is 2.88. The predicted molar refractivity (Wildman–Crippen MR) is 72.6 cm³/mol. The first-order valence-electron chi connectivity index (χ1n) is 6.69. The quantitative estimate of drug-likeness (QED) is 0.719. The predicted octanol–water partition coefficient (Wildman–Crippen LogP) is 2.90. The summed E-state index contributed by atoms with van der Waals surface area (Å²) in [6, 6.07) is 12.1. The highest BCUT2D eigenvalue weighted by Gasteiger charge is 2.39. The monoisotopic (exact) mass is 249 g/mol. The highest BCUT2D eigenvalue weighted by atomic mass is 15.0. The zero-order valence-electron chi connectivity index (χ0n) is 10.7. The Hall–Kier alpha value is -2.26. The van der Waals surface area contributed by atoms with E-state index >= 15 is 0 Å². The van der Waals surface area contributed by atoms with Crippen molar-refractivity contribution >= 4 is 5.70 Å². The molecule has 3 nitrogen and oxygen atoms in total. The summed E-state index contributed by atoms with van der Waals surface area (Å²) < 4.78 is 0. The lowest BCUT2D eigenvalue weighted by molar-refractivity contribution is 0.369. The van der Waals surface area contributed by atoms with Crippen LogP contribution in [0.25, 0.3) is 5.70 Å². The molecular weight excluding hydrogens is 234 g/mol. The lowest BCUT2D eigenvalue weighted by Gasteiger charge is -2.38. The second kappa shape index (κ2) is 4.44. The number of nitrogens with one attached hydrogen (secondary N) is 1. The van der Waals surface area contributed by atoms with E-state index in [0.717, 1.165) is 30.5 Å². The Labute approximate surface area is 113 Å². The van der Waals surface area contributed by atoms with Crippen molar-refractivity contribution in [1.29, 1.82) is 10.5 Å². The number of rotatable bonds is 0. The van der Waals surface area contributed by atoms with Crippen molar-refractivity contribution in [3.05, 3.63) is 41.0 Å².